The van der Waals surface area contributed by atoms with E-state index in [1.807, 2.05) is 36.4 Å². The maximum atomic E-state index is 11.8. The minimum atomic E-state index is -0.840. The van der Waals surface area contributed by atoms with Crippen molar-refractivity contribution < 1.29 is 19.1 Å². The lowest BCUT2D eigenvalue weighted by Gasteiger charge is -2.17. The summed E-state index contributed by atoms with van der Waals surface area (Å²) in [5, 5.41) is 11.3. The first-order chi connectivity index (χ1) is 10.6. The molecule has 1 N–H and O–H groups in total. The summed E-state index contributed by atoms with van der Waals surface area (Å²) in [5.74, 6) is -1.36. The van der Waals surface area contributed by atoms with Crippen LogP contribution in [0, 0.1) is 17.2 Å². The van der Waals surface area contributed by atoms with Gasteiger partial charge >= 0.3 is 5.97 Å². The van der Waals surface area contributed by atoms with E-state index in [1.165, 1.54) is 7.11 Å². The van der Waals surface area contributed by atoms with E-state index in [-0.39, 0.29) is 18.9 Å². The molecule has 0 aromatic heterocycles. The largest absolute Gasteiger partial charge is 0.467 e. The van der Waals surface area contributed by atoms with Gasteiger partial charge in [-0.25, -0.2) is 4.79 Å². The monoisotopic (exact) mass is 304 g/mol. The summed E-state index contributed by atoms with van der Waals surface area (Å²) >= 11 is 0. The summed E-state index contributed by atoms with van der Waals surface area (Å²) in [5.41, 5.74) is 0.956. The van der Waals surface area contributed by atoms with E-state index in [2.05, 4.69) is 10.1 Å². The number of esters is 1. The zero-order valence-electron chi connectivity index (χ0n) is 12.7. The molecule has 0 heterocycles. The molecule has 1 rings (SSSR count). The Morgan fingerprint density at radius 3 is 2.59 bits per heavy atom. The molecule has 1 aromatic rings. The normalized spacial score (nSPS) is 12.8. The van der Waals surface area contributed by atoms with Crippen molar-refractivity contribution in [2.24, 2.45) is 5.92 Å². The van der Waals surface area contributed by atoms with Crippen LogP contribution < -0.4 is 5.32 Å². The summed E-state index contributed by atoms with van der Waals surface area (Å²) < 4.78 is 9.93. The second-order valence-electron chi connectivity index (χ2n) is 4.89. The van der Waals surface area contributed by atoms with Gasteiger partial charge in [0.25, 0.3) is 0 Å². The number of rotatable bonds is 8. The quantitative estimate of drug-likeness (QED) is 0.734. The van der Waals surface area contributed by atoms with Gasteiger partial charge in [0.1, 0.15) is 12.6 Å². The van der Waals surface area contributed by atoms with Crippen LogP contribution in [0.5, 0.6) is 0 Å². The van der Waals surface area contributed by atoms with E-state index >= 15 is 0 Å². The van der Waals surface area contributed by atoms with Crippen LogP contribution in [0.1, 0.15) is 18.9 Å². The molecule has 0 unspecified atom stereocenters. The molecule has 22 heavy (non-hydrogen) atoms. The maximum absolute atomic E-state index is 11.8. The standard InChI is InChI=1S/C16H20N2O4/c1-12(9-17)8-14(16(20)21-2)18-15(19)11-22-10-13-6-4-3-5-7-13/h3-7,12,14H,8,10-11H2,1-2H3,(H,18,19)/t12-,14+/m0/s1. The Morgan fingerprint density at radius 1 is 1.32 bits per heavy atom. The minimum Gasteiger partial charge on any atom is -0.467 e. The van der Waals surface area contributed by atoms with Gasteiger partial charge in [0.15, 0.2) is 0 Å². The Labute approximate surface area is 130 Å². The number of ether oxygens (including phenoxy) is 2. The van der Waals surface area contributed by atoms with E-state index in [9.17, 15) is 9.59 Å². The third-order valence-corrected chi connectivity index (χ3v) is 2.98. The molecule has 0 aliphatic rings. The molecule has 6 heteroatoms. The van der Waals surface area contributed by atoms with Crippen LogP contribution in [-0.4, -0.2) is 31.6 Å². The molecule has 0 bridgehead atoms. The number of nitrogens with one attached hydrogen (secondary N) is 1. The number of amides is 1. The SMILES string of the molecule is COC(=O)[C@@H](C[C@H](C)C#N)NC(=O)COCc1ccccc1. The topological polar surface area (TPSA) is 88.4 Å². The van der Waals surface area contributed by atoms with Gasteiger partial charge in [0.05, 0.1) is 19.8 Å². The van der Waals surface area contributed by atoms with E-state index in [0.717, 1.165) is 5.56 Å². The predicted octanol–water partition coefficient (Wildman–Crippen LogP) is 1.41. The molecule has 1 amide bonds. The minimum absolute atomic E-state index is 0.163. The van der Waals surface area contributed by atoms with Gasteiger partial charge in [-0.1, -0.05) is 30.3 Å². The van der Waals surface area contributed by atoms with Crippen LogP contribution in [0.25, 0.3) is 0 Å². The number of hydrogen-bond acceptors (Lipinski definition) is 5. The van der Waals surface area contributed by atoms with Gasteiger partial charge in [-0.2, -0.15) is 5.26 Å². The molecule has 0 spiro atoms. The molecule has 0 fully saturated rings. The molecule has 6 nitrogen and oxygen atoms in total. The lowest BCUT2D eigenvalue weighted by molar-refractivity contribution is -0.146. The van der Waals surface area contributed by atoms with E-state index in [0.29, 0.717) is 6.61 Å². The highest BCUT2D eigenvalue weighted by Gasteiger charge is 2.23. The Balaban J connectivity index is 2.42. The van der Waals surface area contributed by atoms with Crippen LogP contribution in [0.15, 0.2) is 30.3 Å². The lowest BCUT2D eigenvalue weighted by Crippen LogP contribution is -2.44. The smallest absolute Gasteiger partial charge is 0.328 e. The van der Waals surface area contributed by atoms with Gasteiger partial charge in [0.2, 0.25) is 5.91 Å². The van der Waals surface area contributed by atoms with Crippen molar-refractivity contribution in [3.05, 3.63) is 35.9 Å². The van der Waals surface area contributed by atoms with Crippen LogP contribution in [-0.2, 0) is 25.7 Å². The first-order valence-electron chi connectivity index (χ1n) is 6.95. The van der Waals surface area contributed by atoms with Crippen molar-refractivity contribution in [3.8, 4) is 6.07 Å². The molecule has 2 atom stereocenters. The third kappa shape index (κ3) is 6.37. The number of benzene rings is 1. The molecule has 118 valence electrons. The van der Waals surface area contributed by atoms with E-state index < -0.39 is 17.9 Å². The summed E-state index contributed by atoms with van der Waals surface area (Å²) in [4.78, 5) is 23.4. The van der Waals surface area contributed by atoms with Gasteiger partial charge in [-0.05, 0) is 18.9 Å². The van der Waals surface area contributed by atoms with Crippen LogP contribution >= 0.6 is 0 Å². The summed E-state index contributed by atoms with van der Waals surface area (Å²) in [7, 11) is 1.24. The number of carbonyl (C=O) groups excluding carboxylic acids is 2. The average Bonchev–Trinajstić information content (AvgIpc) is 2.54. The van der Waals surface area contributed by atoms with Crippen LogP contribution in [0.4, 0.5) is 0 Å². The van der Waals surface area contributed by atoms with Gasteiger partial charge in [-0.3, -0.25) is 4.79 Å². The maximum Gasteiger partial charge on any atom is 0.328 e. The van der Waals surface area contributed by atoms with E-state index in [4.69, 9.17) is 10.00 Å². The predicted molar refractivity (Wildman–Crippen MR) is 79.4 cm³/mol. The van der Waals surface area contributed by atoms with E-state index in [1.54, 1.807) is 6.92 Å². The number of hydrogen-bond donors (Lipinski definition) is 1. The molecule has 0 saturated carbocycles. The molecule has 0 saturated heterocycles. The number of methoxy groups -OCH3 is 1. The highest BCUT2D eigenvalue weighted by molar-refractivity contribution is 5.85. The lowest BCUT2D eigenvalue weighted by atomic mass is 10.0. The molecular weight excluding hydrogens is 284 g/mol. The summed E-state index contributed by atoms with van der Waals surface area (Å²) in [6.45, 7) is 1.82. The zero-order chi connectivity index (χ0) is 16.4. The molecule has 0 radical (unpaired) electrons. The average molecular weight is 304 g/mol. The van der Waals surface area contributed by atoms with Crippen LogP contribution in [0.2, 0.25) is 0 Å². The number of carbonyl (C=O) groups is 2. The first-order valence-corrected chi connectivity index (χ1v) is 6.95. The molecule has 0 aliphatic carbocycles. The molecule has 0 aliphatic heterocycles. The molecular formula is C16H20N2O4. The fourth-order valence-electron chi connectivity index (χ4n) is 1.83. The highest BCUT2D eigenvalue weighted by atomic mass is 16.5. The highest BCUT2D eigenvalue weighted by Crippen LogP contribution is 2.06. The fraction of sp³-hybridized carbons (Fsp3) is 0.438. The Kier molecular flexibility index (Phi) is 7.65. The van der Waals surface area contributed by atoms with Crippen molar-refractivity contribution in [3.63, 3.8) is 0 Å². The Morgan fingerprint density at radius 2 is 2.00 bits per heavy atom. The second kappa shape index (κ2) is 9.53. The Bertz CT molecular complexity index is 525. The molecule has 1 aromatic carbocycles. The first kappa shape index (κ1) is 17.7. The zero-order valence-corrected chi connectivity index (χ0v) is 12.7. The second-order valence-corrected chi connectivity index (χ2v) is 4.89. The number of nitrogens with zero attached hydrogens (tertiary/aromatic N) is 1. The van der Waals surface area contributed by atoms with Crippen molar-refractivity contribution in [2.45, 2.75) is 26.0 Å². The third-order valence-electron chi connectivity index (χ3n) is 2.98. The van der Waals surface area contributed by atoms with Gasteiger partial charge in [-0.15, -0.1) is 0 Å². The number of nitriles is 1. The Hall–Kier alpha value is -2.39. The van der Waals surface area contributed by atoms with Crippen molar-refractivity contribution >= 4 is 11.9 Å². The van der Waals surface area contributed by atoms with Crippen molar-refractivity contribution in [2.75, 3.05) is 13.7 Å². The summed E-state index contributed by atoms with van der Waals surface area (Å²) in [6.07, 6.45) is 0.202. The van der Waals surface area contributed by atoms with Gasteiger partial charge < -0.3 is 14.8 Å². The van der Waals surface area contributed by atoms with Gasteiger partial charge in [0, 0.05) is 5.92 Å². The fourth-order valence-corrected chi connectivity index (χ4v) is 1.83. The van der Waals surface area contributed by atoms with Crippen LogP contribution in [0.3, 0.4) is 0 Å². The van der Waals surface area contributed by atoms with Crippen molar-refractivity contribution in [1.82, 2.24) is 5.32 Å². The van der Waals surface area contributed by atoms with Crippen molar-refractivity contribution in [1.29, 1.82) is 5.26 Å². The summed E-state index contributed by atoms with van der Waals surface area (Å²) in [6, 6.07) is 10.6.